The maximum absolute atomic E-state index is 13.1. The van der Waals surface area contributed by atoms with Crippen LogP contribution in [0.2, 0.25) is 0 Å². The number of nitrogens with zero attached hydrogens (tertiary/aromatic N) is 3. The fourth-order valence-electron chi connectivity index (χ4n) is 4.55. The maximum atomic E-state index is 13.1. The van der Waals surface area contributed by atoms with Gasteiger partial charge in [-0.25, -0.2) is 0 Å². The topological polar surface area (TPSA) is 53.1 Å². The normalized spacial score (nSPS) is 26.5. The molecule has 0 spiro atoms. The van der Waals surface area contributed by atoms with Crippen LogP contribution >= 0.6 is 0 Å². The van der Waals surface area contributed by atoms with Crippen LogP contribution in [0.3, 0.4) is 0 Å². The Labute approximate surface area is 161 Å². The first-order valence-electron chi connectivity index (χ1n) is 10.2. The number of hydrogen-bond acceptors (Lipinski definition) is 4. The highest BCUT2D eigenvalue weighted by molar-refractivity contribution is 5.98. The number of likely N-dealkylation sites (tertiary alicyclic amines) is 2. The molecule has 0 aliphatic carbocycles. The lowest BCUT2D eigenvalue weighted by Gasteiger charge is -2.30. The Balaban J connectivity index is 1.35. The second-order valence-electron chi connectivity index (χ2n) is 7.87. The van der Waals surface area contributed by atoms with Crippen molar-refractivity contribution >= 4 is 11.8 Å². The minimum atomic E-state index is -0.292. The quantitative estimate of drug-likeness (QED) is 0.804. The fourth-order valence-corrected chi connectivity index (χ4v) is 4.55. The number of hydrogen-bond donors (Lipinski definition) is 0. The Kier molecular flexibility index (Phi) is 5.74. The van der Waals surface area contributed by atoms with Crippen LogP contribution in [-0.4, -0.2) is 85.0 Å². The molecule has 0 radical (unpaired) electrons. The zero-order valence-corrected chi connectivity index (χ0v) is 15.9. The molecule has 3 heterocycles. The third-order valence-electron chi connectivity index (χ3n) is 6.04. The molecule has 2 amide bonds. The molecule has 4 rings (SSSR count). The first-order valence-corrected chi connectivity index (χ1v) is 10.2. The standard InChI is InChI=1S/C21H29N3O3/c25-20(18-5-2-1-3-6-18)24-9-4-7-19(24)21(26)23-10-8-17(16-23)15-22-11-13-27-14-12-22/h1-3,5-6,17,19H,4,7-16H2. The van der Waals surface area contributed by atoms with E-state index in [1.54, 1.807) is 4.90 Å². The summed E-state index contributed by atoms with van der Waals surface area (Å²) >= 11 is 0. The van der Waals surface area contributed by atoms with Crippen LogP contribution in [0.4, 0.5) is 0 Å². The monoisotopic (exact) mass is 371 g/mol. The van der Waals surface area contributed by atoms with Crippen LogP contribution < -0.4 is 0 Å². The number of carbonyl (C=O) groups excluding carboxylic acids is 2. The summed E-state index contributed by atoms with van der Waals surface area (Å²) in [5.74, 6) is 0.656. The molecular weight excluding hydrogens is 342 g/mol. The van der Waals surface area contributed by atoms with E-state index in [2.05, 4.69) is 4.90 Å². The van der Waals surface area contributed by atoms with E-state index in [1.807, 2.05) is 35.2 Å². The predicted molar refractivity (Wildman–Crippen MR) is 102 cm³/mol. The molecule has 2 unspecified atom stereocenters. The zero-order chi connectivity index (χ0) is 18.6. The van der Waals surface area contributed by atoms with Gasteiger partial charge in [0.1, 0.15) is 6.04 Å². The van der Waals surface area contributed by atoms with E-state index in [9.17, 15) is 9.59 Å². The van der Waals surface area contributed by atoms with Crippen LogP contribution in [0, 0.1) is 5.92 Å². The van der Waals surface area contributed by atoms with Gasteiger partial charge in [0.15, 0.2) is 0 Å². The molecule has 3 aliphatic rings. The van der Waals surface area contributed by atoms with E-state index in [1.165, 1.54) is 0 Å². The molecule has 1 aromatic carbocycles. The van der Waals surface area contributed by atoms with Crippen LogP contribution in [0.1, 0.15) is 29.6 Å². The van der Waals surface area contributed by atoms with Crippen LogP contribution in [-0.2, 0) is 9.53 Å². The summed E-state index contributed by atoms with van der Waals surface area (Å²) in [6.45, 7) is 6.97. The van der Waals surface area contributed by atoms with Crippen molar-refractivity contribution in [1.29, 1.82) is 0 Å². The lowest BCUT2D eigenvalue weighted by atomic mass is 10.1. The van der Waals surface area contributed by atoms with Gasteiger partial charge in [-0.1, -0.05) is 18.2 Å². The van der Waals surface area contributed by atoms with Crippen LogP contribution in [0.5, 0.6) is 0 Å². The van der Waals surface area contributed by atoms with E-state index >= 15 is 0 Å². The molecule has 0 bridgehead atoms. The van der Waals surface area contributed by atoms with E-state index in [-0.39, 0.29) is 17.9 Å². The lowest BCUT2D eigenvalue weighted by molar-refractivity contribution is -0.134. The minimum absolute atomic E-state index is 0.0180. The van der Waals surface area contributed by atoms with E-state index < -0.39 is 0 Å². The van der Waals surface area contributed by atoms with Crippen molar-refractivity contribution in [3.05, 3.63) is 35.9 Å². The molecular formula is C21H29N3O3. The van der Waals surface area contributed by atoms with Gasteiger partial charge in [-0.2, -0.15) is 0 Å². The number of rotatable bonds is 4. The maximum Gasteiger partial charge on any atom is 0.254 e. The Bertz CT molecular complexity index is 660. The third kappa shape index (κ3) is 4.17. The molecule has 0 N–H and O–H groups in total. The van der Waals surface area contributed by atoms with Crippen molar-refractivity contribution in [2.75, 3.05) is 52.5 Å². The Hall–Kier alpha value is -1.92. The molecule has 27 heavy (non-hydrogen) atoms. The van der Waals surface area contributed by atoms with Gasteiger partial charge in [0.2, 0.25) is 5.91 Å². The average Bonchev–Trinajstić information content (AvgIpc) is 3.38. The molecule has 6 heteroatoms. The SMILES string of the molecule is O=C(C1CCCN1C(=O)c1ccccc1)N1CCC(CN2CCOCC2)C1. The minimum Gasteiger partial charge on any atom is -0.379 e. The molecule has 3 saturated heterocycles. The lowest BCUT2D eigenvalue weighted by Crippen LogP contribution is -2.47. The molecule has 3 aliphatic heterocycles. The summed E-state index contributed by atoms with van der Waals surface area (Å²) in [4.78, 5) is 32.2. The van der Waals surface area contributed by atoms with E-state index in [0.717, 1.165) is 65.2 Å². The van der Waals surface area contributed by atoms with Crippen molar-refractivity contribution < 1.29 is 14.3 Å². The third-order valence-corrected chi connectivity index (χ3v) is 6.04. The van der Waals surface area contributed by atoms with E-state index in [4.69, 9.17) is 4.74 Å². The summed E-state index contributed by atoms with van der Waals surface area (Å²) in [6, 6.07) is 9.02. The summed E-state index contributed by atoms with van der Waals surface area (Å²) in [5.41, 5.74) is 0.670. The van der Waals surface area contributed by atoms with Crippen molar-refractivity contribution in [1.82, 2.24) is 14.7 Å². The number of ether oxygens (including phenoxy) is 1. The summed E-state index contributed by atoms with van der Waals surface area (Å²) in [6.07, 6.45) is 2.74. The summed E-state index contributed by atoms with van der Waals surface area (Å²) in [5, 5.41) is 0. The molecule has 0 aromatic heterocycles. The van der Waals surface area contributed by atoms with Gasteiger partial charge in [0.25, 0.3) is 5.91 Å². The van der Waals surface area contributed by atoms with Crippen LogP contribution in [0.15, 0.2) is 30.3 Å². The number of amides is 2. The van der Waals surface area contributed by atoms with Gasteiger partial charge in [0, 0.05) is 44.8 Å². The molecule has 3 fully saturated rings. The van der Waals surface area contributed by atoms with Gasteiger partial charge >= 0.3 is 0 Å². The van der Waals surface area contributed by atoms with Gasteiger partial charge in [-0.3, -0.25) is 14.5 Å². The predicted octanol–water partition coefficient (Wildman–Crippen LogP) is 1.47. The Morgan fingerprint density at radius 2 is 1.78 bits per heavy atom. The highest BCUT2D eigenvalue weighted by Gasteiger charge is 2.39. The van der Waals surface area contributed by atoms with Crippen molar-refractivity contribution in [3.63, 3.8) is 0 Å². The molecule has 0 saturated carbocycles. The molecule has 1 aromatic rings. The molecule has 6 nitrogen and oxygen atoms in total. The first-order chi connectivity index (χ1) is 13.2. The second kappa shape index (κ2) is 8.40. The fraction of sp³-hybridized carbons (Fsp3) is 0.619. The molecule has 2 atom stereocenters. The Morgan fingerprint density at radius 1 is 1.00 bits per heavy atom. The molecule has 146 valence electrons. The Morgan fingerprint density at radius 3 is 2.56 bits per heavy atom. The highest BCUT2D eigenvalue weighted by atomic mass is 16.5. The van der Waals surface area contributed by atoms with Gasteiger partial charge in [-0.15, -0.1) is 0 Å². The largest absolute Gasteiger partial charge is 0.379 e. The summed E-state index contributed by atoms with van der Waals surface area (Å²) in [7, 11) is 0. The van der Waals surface area contributed by atoms with E-state index in [0.29, 0.717) is 18.0 Å². The van der Waals surface area contributed by atoms with Gasteiger partial charge in [-0.05, 0) is 37.3 Å². The van der Waals surface area contributed by atoms with Crippen molar-refractivity contribution in [2.24, 2.45) is 5.92 Å². The van der Waals surface area contributed by atoms with Crippen LogP contribution in [0.25, 0.3) is 0 Å². The van der Waals surface area contributed by atoms with Gasteiger partial charge in [0.05, 0.1) is 13.2 Å². The highest BCUT2D eigenvalue weighted by Crippen LogP contribution is 2.25. The average molecular weight is 371 g/mol. The first kappa shape index (κ1) is 18.4. The second-order valence-corrected chi connectivity index (χ2v) is 7.87. The van der Waals surface area contributed by atoms with Gasteiger partial charge < -0.3 is 14.5 Å². The smallest absolute Gasteiger partial charge is 0.254 e. The zero-order valence-electron chi connectivity index (χ0n) is 15.9. The van der Waals surface area contributed by atoms with Crippen molar-refractivity contribution in [3.8, 4) is 0 Å². The number of morpholine rings is 1. The van der Waals surface area contributed by atoms with Crippen molar-refractivity contribution in [2.45, 2.75) is 25.3 Å². The number of benzene rings is 1. The summed E-state index contributed by atoms with van der Waals surface area (Å²) < 4.78 is 5.42. The number of carbonyl (C=O) groups is 2.